The number of nitrogens with two attached hydrogens (primary N) is 1. The molecule has 0 atom stereocenters. The second-order valence-corrected chi connectivity index (χ2v) is 4.16. The number of halogens is 3. The normalized spacial score (nSPS) is 10.4. The molecule has 0 bridgehead atoms. The molecule has 0 aliphatic rings. The van der Waals surface area contributed by atoms with Gasteiger partial charge in [0, 0.05) is 10.6 Å². The second-order valence-electron chi connectivity index (χ2n) is 3.34. The van der Waals surface area contributed by atoms with Crippen LogP contribution >= 0.6 is 23.2 Å². The van der Waals surface area contributed by atoms with Gasteiger partial charge in [0.1, 0.15) is 0 Å². The van der Waals surface area contributed by atoms with E-state index in [-0.39, 0.29) is 10.7 Å². The molecule has 16 heavy (non-hydrogen) atoms. The topological polar surface area (TPSA) is 26.0 Å². The molecule has 0 saturated heterocycles. The number of rotatable bonds is 1. The van der Waals surface area contributed by atoms with Crippen molar-refractivity contribution in [3.05, 3.63) is 52.3 Å². The van der Waals surface area contributed by atoms with Gasteiger partial charge in [0.2, 0.25) is 0 Å². The predicted molar refractivity (Wildman–Crippen MR) is 66.3 cm³/mol. The summed E-state index contributed by atoms with van der Waals surface area (Å²) < 4.78 is 13.5. The molecule has 0 fully saturated rings. The van der Waals surface area contributed by atoms with Gasteiger partial charge in [-0.15, -0.1) is 0 Å². The van der Waals surface area contributed by atoms with E-state index in [4.69, 9.17) is 28.9 Å². The standard InChI is InChI=1S/C12H8Cl2FN/c13-8-3-1-2-7(6-8)9-4-5-10(16)12(15)11(9)14/h1-6H,16H2. The Morgan fingerprint density at radius 2 is 1.81 bits per heavy atom. The Bertz CT molecular complexity index is 541. The van der Waals surface area contributed by atoms with E-state index in [1.807, 2.05) is 6.07 Å². The molecule has 0 unspecified atom stereocenters. The lowest BCUT2D eigenvalue weighted by Crippen LogP contribution is -1.92. The summed E-state index contributed by atoms with van der Waals surface area (Å²) in [6, 6.07) is 10.2. The van der Waals surface area contributed by atoms with Crippen LogP contribution in [0, 0.1) is 5.82 Å². The summed E-state index contributed by atoms with van der Waals surface area (Å²) in [6.45, 7) is 0. The maximum atomic E-state index is 13.5. The first-order valence-corrected chi connectivity index (χ1v) is 5.34. The fraction of sp³-hybridized carbons (Fsp3) is 0. The van der Waals surface area contributed by atoms with Crippen molar-refractivity contribution in [2.45, 2.75) is 0 Å². The van der Waals surface area contributed by atoms with E-state index in [0.29, 0.717) is 10.6 Å². The van der Waals surface area contributed by atoms with Gasteiger partial charge in [-0.05, 0) is 23.8 Å². The van der Waals surface area contributed by atoms with Gasteiger partial charge in [0.25, 0.3) is 0 Å². The molecule has 82 valence electrons. The zero-order valence-electron chi connectivity index (χ0n) is 8.18. The molecular formula is C12H8Cl2FN. The van der Waals surface area contributed by atoms with Crippen LogP contribution in [0.4, 0.5) is 10.1 Å². The molecule has 0 aromatic heterocycles. The summed E-state index contributed by atoms with van der Waals surface area (Å²) in [7, 11) is 0. The average molecular weight is 256 g/mol. The van der Waals surface area contributed by atoms with Gasteiger partial charge < -0.3 is 5.73 Å². The minimum absolute atomic E-state index is 0.0160. The van der Waals surface area contributed by atoms with E-state index in [1.165, 1.54) is 6.07 Å². The lowest BCUT2D eigenvalue weighted by Gasteiger charge is -2.07. The van der Waals surface area contributed by atoms with Crippen molar-refractivity contribution in [2.75, 3.05) is 5.73 Å². The monoisotopic (exact) mass is 255 g/mol. The molecule has 2 N–H and O–H groups in total. The van der Waals surface area contributed by atoms with Crippen molar-refractivity contribution in [3.63, 3.8) is 0 Å². The molecule has 2 aromatic rings. The Morgan fingerprint density at radius 1 is 1.06 bits per heavy atom. The molecule has 0 saturated carbocycles. The predicted octanol–water partition coefficient (Wildman–Crippen LogP) is 4.38. The van der Waals surface area contributed by atoms with Crippen LogP contribution < -0.4 is 5.73 Å². The third-order valence-electron chi connectivity index (χ3n) is 2.25. The molecule has 2 rings (SSSR count). The maximum Gasteiger partial charge on any atom is 0.165 e. The van der Waals surface area contributed by atoms with Gasteiger partial charge >= 0.3 is 0 Å². The fourth-order valence-electron chi connectivity index (χ4n) is 1.44. The van der Waals surface area contributed by atoms with Crippen molar-refractivity contribution in [1.29, 1.82) is 0 Å². The molecule has 1 nitrogen and oxygen atoms in total. The second kappa shape index (κ2) is 4.32. The van der Waals surface area contributed by atoms with Crippen molar-refractivity contribution < 1.29 is 4.39 Å². The van der Waals surface area contributed by atoms with Gasteiger partial charge in [-0.25, -0.2) is 4.39 Å². The van der Waals surface area contributed by atoms with E-state index >= 15 is 0 Å². The van der Waals surface area contributed by atoms with Crippen LogP contribution in [0.15, 0.2) is 36.4 Å². The minimum atomic E-state index is -0.598. The summed E-state index contributed by atoms with van der Waals surface area (Å²) in [6.07, 6.45) is 0. The van der Waals surface area contributed by atoms with Crippen molar-refractivity contribution in [1.82, 2.24) is 0 Å². The number of anilines is 1. The zero-order chi connectivity index (χ0) is 11.7. The molecule has 0 heterocycles. The maximum absolute atomic E-state index is 13.5. The minimum Gasteiger partial charge on any atom is -0.396 e. The van der Waals surface area contributed by atoms with Crippen LogP contribution in [0.2, 0.25) is 10.0 Å². The smallest absolute Gasteiger partial charge is 0.165 e. The summed E-state index contributed by atoms with van der Waals surface area (Å²) in [5, 5.41) is 0.591. The first-order chi connectivity index (χ1) is 7.59. The first-order valence-electron chi connectivity index (χ1n) is 4.59. The van der Waals surface area contributed by atoms with E-state index in [0.717, 1.165) is 5.56 Å². The zero-order valence-corrected chi connectivity index (χ0v) is 9.69. The van der Waals surface area contributed by atoms with Gasteiger partial charge in [-0.3, -0.25) is 0 Å². The lowest BCUT2D eigenvalue weighted by atomic mass is 10.1. The molecule has 4 heteroatoms. The van der Waals surface area contributed by atoms with Crippen molar-refractivity contribution in [2.24, 2.45) is 0 Å². The molecule has 0 amide bonds. The van der Waals surface area contributed by atoms with Gasteiger partial charge in [-0.1, -0.05) is 41.4 Å². The summed E-state index contributed by atoms with van der Waals surface area (Å²) in [4.78, 5) is 0. The highest BCUT2D eigenvalue weighted by Gasteiger charge is 2.11. The summed E-state index contributed by atoms with van der Waals surface area (Å²) >= 11 is 11.7. The Labute approximate surface area is 103 Å². The number of nitrogen functional groups attached to an aromatic ring is 1. The molecule has 0 radical (unpaired) electrons. The van der Waals surface area contributed by atoms with Crippen LogP contribution in [0.3, 0.4) is 0 Å². The van der Waals surface area contributed by atoms with Gasteiger partial charge in [-0.2, -0.15) is 0 Å². The SMILES string of the molecule is Nc1ccc(-c2cccc(Cl)c2)c(Cl)c1F. The molecule has 2 aromatic carbocycles. The van der Waals surface area contributed by atoms with Crippen LogP contribution in [-0.4, -0.2) is 0 Å². The highest BCUT2D eigenvalue weighted by Crippen LogP contribution is 2.33. The number of hydrogen-bond acceptors (Lipinski definition) is 1. The van der Waals surface area contributed by atoms with E-state index in [2.05, 4.69) is 0 Å². The van der Waals surface area contributed by atoms with Crippen molar-refractivity contribution >= 4 is 28.9 Å². The molecular weight excluding hydrogens is 248 g/mol. The van der Waals surface area contributed by atoms with Gasteiger partial charge in [0.05, 0.1) is 10.7 Å². The Kier molecular flexibility index (Phi) is 3.03. The summed E-state index contributed by atoms with van der Waals surface area (Å²) in [5.74, 6) is -0.598. The van der Waals surface area contributed by atoms with E-state index in [9.17, 15) is 4.39 Å². The van der Waals surface area contributed by atoms with Crippen LogP contribution in [0.5, 0.6) is 0 Å². The Morgan fingerprint density at radius 3 is 2.50 bits per heavy atom. The van der Waals surface area contributed by atoms with E-state index < -0.39 is 5.82 Å². The fourth-order valence-corrected chi connectivity index (χ4v) is 1.91. The average Bonchev–Trinajstić information content (AvgIpc) is 2.26. The van der Waals surface area contributed by atoms with Crippen LogP contribution in [0.25, 0.3) is 11.1 Å². The largest absolute Gasteiger partial charge is 0.396 e. The highest BCUT2D eigenvalue weighted by molar-refractivity contribution is 6.34. The van der Waals surface area contributed by atoms with Gasteiger partial charge in [0.15, 0.2) is 5.82 Å². The first kappa shape index (κ1) is 11.2. The Hall–Kier alpha value is -1.25. The van der Waals surface area contributed by atoms with Crippen molar-refractivity contribution in [3.8, 4) is 11.1 Å². The quantitative estimate of drug-likeness (QED) is 0.752. The van der Waals surface area contributed by atoms with Crippen LogP contribution in [-0.2, 0) is 0 Å². The molecule has 0 aliphatic carbocycles. The number of benzene rings is 2. The van der Waals surface area contributed by atoms with Crippen LogP contribution in [0.1, 0.15) is 0 Å². The lowest BCUT2D eigenvalue weighted by molar-refractivity contribution is 0.633. The third-order valence-corrected chi connectivity index (χ3v) is 2.85. The Balaban J connectivity index is 2.61. The molecule has 0 aliphatic heterocycles. The highest BCUT2D eigenvalue weighted by atomic mass is 35.5. The third kappa shape index (κ3) is 1.99. The summed E-state index contributed by atoms with van der Waals surface area (Å²) in [5.41, 5.74) is 6.79. The number of hydrogen-bond donors (Lipinski definition) is 1. The molecule has 0 spiro atoms. The van der Waals surface area contributed by atoms with E-state index in [1.54, 1.807) is 24.3 Å².